The Kier molecular flexibility index (Phi) is 2.77. The van der Waals surface area contributed by atoms with E-state index in [-0.39, 0.29) is 0 Å². The summed E-state index contributed by atoms with van der Waals surface area (Å²) in [4.78, 5) is 17.8. The van der Waals surface area contributed by atoms with E-state index in [2.05, 4.69) is 4.98 Å². The van der Waals surface area contributed by atoms with Gasteiger partial charge in [-0.25, -0.2) is 4.98 Å². The third-order valence-electron chi connectivity index (χ3n) is 2.23. The van der Waals surface area contributed by atoms with Crippen LogP contribution in [-0.4, -0.2) is 17.1 Å². The van der Waals surface area contributed by atoms with Crippen LogP contribution in [0.15, 0.2) is 11.0 Å². The minimum absolute atomic E-state index is 0.392. The summed E-state index contributed by atoms with van der Waals surface area (Å²) in [5, 5.41) is 0.844. The van der Waals surface area contributed by atoms with Crippen molar-refractivity contribution in [3.05, 3.63) is 16.6 Å². The van der Waals surface area contributed by atoms with Gasteiger partial charge in [0.05, 0.1) is 5.69 Å². The van der Waals surface area contributed by atoms with Crippen LogP contribution in [0, 0.1) is 6.92 Å². The van der Waals surface area contributed by atoms with E-state index < -0.39 is 5.91 Å². The summed E-state index contributed by atoms with van der Waals surface area (Å²) in [6.45, 7) is 1.92. The third-order valence-corrected chi connectivity index (χ3v) is 4.11. The second-order valence-corrected chi connectivity index (χ2v) is 5.20. The van der Waals surface area contributed by atoms with Crippen LogP contribution >= 0.6 is 23.1 Å². The van der Waals surface area contributed by atoms with Gasteiger partial charge in [-0.1, -0.05) is 0 Å². The van der Waals surface area contributed by atoms with Crippen LogP contribution in [0.1, 0.15) is 15.4 Å². The third kappa shape index (κ3) is 1.64. The SMILES string of the molecule is CSc1cc(C)nc2sc(C(N)=O)c(N)c12. The predicted molar refractivity (Wildman–Crippen MR) is 69.1 cm³/mol. The van der Waals surface area contributed by atoms with Crippen LogP contribution < -0.4 is 11.5 Å². The maximum atomic E-state index is 11.2. The van der Waals surface area contributed by atoms with Gasteiger partial charge in [0.2, 0.25) is 0 Å². The number of nitrogens with two attached hydrogens (primary N) is 2. The lowest BCUT2D eigenvalue weighted by molar-refractivity contribution is 0.100. The molecule has 16 heavy (non-hydrogen) atoms. The quantitative estimate of drug-likeness (QED) is 0.802. The van der Waals surface area contributed by atoms with Gasteiger partial charge >= 0.3 is 0 Å². The van der Waals surface area contributed by atoms with E-state index in [0.717, 1.165) is 20.8 Å². The van der Waals surface area contributed by atoms with Crippen molar-refractivity contribution in [1.29, 1.82) is 0 Å². The zero-order valence-electron chi connectivity index (χ0n) is 8.90. The first-order chi connectivity index (χ1) is 7.54. The van der Waals surface area contributed by atoms with Gasteiger partial charge in [0.15, 0.2) is 0 Å². The largest absolute Gasteiger partial charge is 0.397 e. The van der Waals surface area contributed by atoms with Crippen molar-refractivity contribution in [2.24, 2.45) is 5.73 Å². The molecule has 2 rings (SSSR count). The molecule has 0 aliphatic carbocycles. The zero-order valence-corrected chi connectivity index (χ0v) is 10.5. The number of hydrogen-bond acceptors (Lipinski definition) is 5. The van der Waals surface area contributed by atoms with E-state index >= 15 is 0 Å². The molecule has 2 aromatic rings. The summed E-state index contributed by atoms with van der Waals surface area (Å²) < 4.78 is 0. The number of aryl methyl sites for hydroxylation is 1. The summed E-state index contributed by atoms with van der Waals surface area (Å²) in [6.07, 6.45) is 1.97. The van der Waals surface area contributed by atoms with Gasteiger partial charge in [-0.3, -0.25) is 4.79 Å². The van der Waals surface area contributed by atoms with Crippen molar-refractivity contribution in [1.82, 2.24) is 4.98 Å². The minimum Gasteiger partial charge on any atom is -0.397 e. The fourth-order valence-electron chi connectivity index (χ4n) is 1.55. The van der Waals surface area contributed by atoms with Gasteiger partial charge in [0.25, 0.3) is 5.91 Å². The molecule has 0 aliphatic rings. The number of nitrogen functional groups attached to an aromatic ring is 1. The number of rotatable bonds is 2. The number of primary amides is 1. The zero-order chi connectivity index (χ0) is 11.9. The summed E-state index contributed by atoms with van der Waals surface area (Å²) in [7, 11) is 0. The number of carbonyl (C=O) groups is 1. The van der Waals surface area contributed by atoms with Gasteiger partial charge in [-0.2, -0.15) is 0 Å². The number of hydrogen-bond donors (Lipinski definition) is 2. The molecule has 0 fully saturated rings. The van der Waals surface area contributed by atoms with Crippen LogP contribution in [0.2, 0.25) is 0 Å². The van der Waals surface area contributed by atoms with Crippen molar-refractivity contribution < 1.29 is 4.79 Å². The Labute approximate surface area is 101 Å². The number of anilines is 1. The Hall–Kier alpha value is -1.27. The van der Waals surface area contributed by atoms with Crippen molar-refractivity contribution in [2.45, 2.75) is 11.8 Å². The Morgan fingerprint density at radius 2 is 2.25 bits per heavy atom. The van der Waals surface area contributed by atoms with Crippen LogP contribution in [0.5, 0.6) is 0 Å². The number of fused-ring (bicyclic) bond motifs is 1. The molecule has 6 heteroatoms. The van der Waals surface area contributed by atoms with E-state index in [1.807, 2.05) is 19.2 Å². The monoisotopic (exact) mass is 253 g/mol. The van der Waals surface area contributed by atoms with E-state index in [4.69, 9.17) is 11.5 Å². The van der Waals surface area contributed by atoms with Gasteiger partial charge < -0.3 is 11.5 Å². The van der Waals surface area contributed by atoms with Crippen LogP contribution in [0.4, 0.5) is 5.69 Å². The van der Waals surface area contributed by atoms with E-state index in [0.29, 0.717) is 10.6 Å². The Balaban J connectivity index is 2.85. The first kappa shape index (κ1) is 11.2. The average molecular weight is 253 g/mol. The molecule has 0 saturated heterocycles. The van der Waals surface area contributed by atoms with Gasteiger partial charge in [-0.15, -0.1) is 23.1 Å². The smallest absolute Gasteiger partial charge is 0.260 e. The summed E-state index contributed by atoms with van der Waals surface area (Å²) in [5.74, 6) is -0.495. The highest BCUT2D eigenvalue weighted by Crippen LogP contribution is 2.38. The van der Waals surface area contributed by atoms with Crippen LogP contribution in [0.25, 0.3) is 10.2 Å². The number of carbonyl (C=O) groups excluding carboxylic acids is 1. The standard InChI is InChI=1S/C10H11N3OS2/c1-4-3-5(15-2)6-7(11)8(9(12)14)16-10(6)13-4/h3H,11H2,1-2H3,(H2,12,14). The number of amides is 1. The van der Waals surface area contributed by atoms with E-state index in [9.17, 15) is 4.79 Å². The highest BCUT2D eigenvalue weighted by Gasteiger charge is 2.17. The van der Waals surface area contributed by atoms with E-state index in [1.54, 1.807) is 11.8 Å². The summed E-state index contributed by atoms with van der Waals surface area (Å²) >= 11 is 2.84. The van der Waals surface area contributed by atoms with Crippen LogP contribution in [-0.2, 0) is 0 Å². The lowest BCUT2D eigenvalue weighted by Crippen LogP contribution is -2.10. The topological polar surface area (TPSA) is 82.0 Å². The molecule has 0 spiro atoms. The average Bonchev–Trinajstić information content (AvgIpc) is 2.55. The van der Waals surface area contributed by atoms with Crippen molar-refractivity contribution in [3.8, 4) is 0 Å². The maximum absolute atomic E-state index is 11.2. The molecule has 0 radical (unpaired) electrons. The van der Waals surface area contributed by atoms with Crippen molar-refractivity contribution in [2.75, 3.05) is 12.0 Å². The number of thiophene rings is 1. The molecule has 0 bridgehead atoms. The predicted octanol–water partition coefficient (Wildman–Crippen LogP) is 2.01. The molecule has 2 heterocycles. The van der Waals surface area contributed by atoms with Crippen LogP contribution in [0.3, 0.4) is 0 Å². The molecular formula is C10H11N3OS2. The number of aromatic nitrogens is 1. The normalized spacial score (nSPS) is 10.9. The Morgan fingerprint density at radius 3 is 2.81 bits per heavy atom. The molecule has 2 aromatic heterocycles. The molecule has 1 amide bonds. The molecule has 84 valence electrons. The minimum atomic E-state index is -0.495. The number of pyridine rings is 1. The number of nitrogens with zero attached hydrogens (tertiary/aromatic N) is 1. The fraction of sp³-hybridized carbons (Fsp3) is 0.200. The first-order valence-corrected chi connectivity index (χ1v) is 6.62. The first-order valence-electron chi connectivity index (χ1n) is 4.58. The number of thioether (sulfide) groups is 1. The molecule has 4 N–H and O–H groups in total. The molecular weight excluding hydrogens is 242 g/mol. The molecule has 0 unspecified atom stereocenters. The van der Waals surface area contributed by atoms with Gasteiger partial charge in [0.1, 0.15) is 9.71 Å². The molecule has 0 saturated carbocycles. The summed E-state index contributed by atoms with van der Waals surface area (Å²) in [6, 6.07) is 1.96. The molecule has 4 nitrogen and oxygen atoms in total. The Morgan fingerprint density at radius 1 is 1.56 bits per heavy atom. The highest BCUT2D eigenvalue weighted by molar-refractivity contribution is 7.98. The maximum Gasteiger partial charge on any atom is 0.260 e. The van der Waals surface area contributed by atoms with Gasteiger partial charge in [-0.05, 0) is 19.2 Å². The fourth-order valence-corrected chi connectivity index (χ4v) is 3.33. The second kappa shape index (κ2) is 3.95. The molecule has 0 aromatic carbocycles. The Bertz CT molecular complexity index is 577. The summed E-state index contributed by atoms with van der Waals surface area (Å²) in [5.41, 5.74) is 12.5. The van der Waals surface area contributed by atoms with Crippen molar-refractivity contribution in [3.63, 3.8) is 0 Å². The van der Waals surface area contributed by atoms with Crippen molar-refractivity contribution >= 4 is 44.9 Å². The van der Waals surface area contributed by atoms with E-state index in [1.165, 1.54) is 11.3 Å². The van der Waals surface area contributed by atoms with Gasteiger partial charge in [0, 0.05) is 16.0 Å². The molecule has 0 atom stereocenters. The highest BCUT2D eigenvalue weighted by atomic mass is 32.2. The second-order valence-electron chi connectivity index (χ2n) is 3.36. The molecule has 0 aliphatic heterocycles. The lowest BCUT2D eigenvalue weighted by atomic mass is 10.2. The lowest BCUT2D eigenvalue weighted by Gasteiger charge is -2.01.